The highest BCUT2D eigenvalue weighted by atomic mass is 16.6. The highest BCUT2D eigenvalue weighted by Gasteiger charge is 2.54. The molecule has 4 fully saturated rings. The van der Waals surface area contributed by atoms with Crippen LogP contribution >= 0.6 is 0 Å². The monoisotopic (exact) mass is 400 g/mol. The molecule has 0 radical (unpaired) electrons. The molecular formula is C23H28O6. The zero-order valence-electron chi connectivity index (χ0n) is 17.1. The van der Waals surface area contributed by atoms with Gasteiger partial charge < -0.3 is 14.2 Å². The SMILES string of the molecule is COc1cc(C(C)=O)ccc1OCC(=O)OCC(=O)C12CC3CC(CC(C3)C1)C2. The predicted molar refractivity (Wildman–Crippen MR) is 105 cm³/mol. The summed E-state index contributed by atoms with van der Waals surface area (Å²) in [6.45, 7) is 0.978. The van der Waals surface area contributed by atoms with Gasteiger partial charge in [0.25, 0.3) is 0 Å². The summed E-state index contributed by atoms with van der Waals surface area (Å²) in [4.78, 5) is 36.5. The van der Waals surface area contributed by atoms with E-state index in [1.165, 1.54) is 33.3 Å². The fourth-order valence-electron chi connectivity index (χ4n) is 5.94. The molecule has 4 saturated carbocycles. The second-order valence-electron chi connectivity index (χ2n) is 8.99. The van der Waals surface area contributed by atoms with Crippen molar-refractivity contribution >= 4 is 17.5 Å². The lowest BCUT2D eigenvalue weighted by molar-refractivity contribution is -0.158. The maximum atomic E-state index is 12.9. The van der Waals surface area contributed by atoms with Gasteiger partial charge in [-0.2, -0.15) is 0 Å². The van der Waals surface area contributed by atoms with Crippen molar-refractivity contribution in [3.63, 3.8) is 0 Å². The molecule has 1 aromatic rings. The molecular weight excluding hydrogens is 372 g/mol. The van der Waals surface area contributed by atoms with Crippen LogP contribution in [0.1, 0.15) is 55.8 Å². The lowest BCUT2D eigenvalue weighted by Gasteiger charge is -2.55. The van der Waals surface area contributed by atoms with Gasteiger partial charge in [0, 0.05) is 11.0 Å². The summed E-state index contributed by atoms with van der Waals surface area (Å²) >= 11 is 0. The van der Waals surface area contributed by atoms with Gasteiger partial charge in [0.1, 0.15) is 0 Å². The van der Waals surface area contributed by atoms with E-state index in [9.17, 15) is 14.4 Å². The molecule has 0 unspecified atom stereocenters. The molecule has 4 aliphatic rings. The minimum absolute atomic E-state index is 0.0772. The second-order valence-corrected chi connectivity index (χ2v) is 8.99. The maximum Gasteiger partial charge on any atom is 0.344 e. The van der Waals surface area contributed by atoms with Crippen LogP contribution in [0.3, 0.4) is 0 Å². The van der Waals surface area contributed by atoms with E-state index in [4.69, 9.17) is 14.2 Å². The van der Waals surface area contributed by atoms with Crippen molar-refractivity contribution in [3.8, 4) is 11.5 Å². The molecule has 0 heterocycles. The topological polar surface area (TPSA) is 78.9 Å². The van der Waals surface area contributed by atoms with Crippen LogP contribution in [0.4, 0.5) is 0 Å². The first-order valence-corrected chi connectivity index (χ1v) is 10.4. The minimum Gasteiger partial charge on any atom is -0.493 e. The number of ether oxygens (including phenoxy) is 3. The summed E-state index contributed by atoms with van der Waals surface area (Å²) < 4.78 is 15.9. The molecule has 1 aromatic carbocycles. The van der Waals surface area contributed by atoms with Crippen molar-refractivity contribution in [2.45, 2.75) is 45.4 Å². The van der Waals surface area contributed by atoms with Crippen molar-refractivity contribution in [1.29, 1.82) is 0 Å². The molecule has 0 aromatic heterocycles. The number of benzene rings is 1. The highest BCUT2D eigenvalue weighted by Crippen LogP contribution is 2.60. The van der Waals surface area contributed by atoms with E-state index in [1.54, 1.807) is 18.2 Å². The van der Waals surface area contributed by atoms with Crippen LogP contribution in [-0.4, -0.2) is 37.9 Å². The molecule has 0 amide bonds. The molecule has 4 bridgehead atoms. The van der Waals surface area contributed by atoms with Crippen molar-refractivity contribution < 1.29 is 28.6 Å². The summed E-state index contributed by atoms with van der Waals surface area (Å²) in [6.07, 6.45) is 6.70. The summed E-state index contributed by atoms with van der Waals surface area (Å²) in [5, 5.41) is 0. The molecule has 29 heavy (non-hydrogen) atoms. The molecule has 0 spiro atoms. The summed E-state index contributed by atoms with van der Waals surface area (Å²) in [5.41, 5.74) is 0.236. The molecule has 156 valence electrons. The van der Waals surface area contributed by atoms with Gasteiger partial charge in [-0.25, -0.2) is 4.79 Å². The number of hydrogen-bond acceptors (Lipinski definition) is 6. The number of hydrogen-bond donors (Lipinski definition) is 0. The van der Waals surface area contributed by atoms with E-state index in [0.29, 0.717) is 34.8 Å². The lowest BCUT2D eigenvalue weighted by Crippen LogP contribution is -2.51. The zero-order chi connectivity index (χ0) is 20.6. The average molecular weight is 400 g/mol. The molecule has 6 nitrogen and oxygen atoms in total. The first kappa shape index (κ1) is 19.9. The van der Waals surface area contributed by atoms with E-state index >= 15 is 0 Å². The predicted octanol–water partition coefficient (Wildman–Crippen LogP) is 3.61. The summed E-state index contributed by atoms with van der Waals surface area (Å²) in [5.74, 6) is 2.16. The third-order valence-corrected chi connectivity index (χ3v) is 6.91. The van der Waals surface area contributed by atoms with Crippen molar-refractivity contribution in [2.24, 2.45) is 23.2 Å². The number of rotatable bonds is 8. The molecule has 6 heteroatoms. The van der Waals surface area contributed by atoms with Gasteiger partial charge in [0.15, 0.2) is 36.3 Å². The molecule has 0 N–H and O–H groups in total. The molecule has 5 rings (SSSR count). The van der Waals surface area contributed by atoms with Crippen LogP contribution in [0.5, 0.6) is 11.5 Å². The molecule has 4 aliphatic carbocycles. The zero-order valence-corrected chi connectivity index (χ0v) is 17.1. The largest absolute Gasteiger partial charge is 0.493 e. The minimum atomic E-state index is -0.583. The Hall–Kier alpha value is -2.37. The number of ketones is 2. The second kappa shape index (κ2) is 7.81. The normalized spacial score (nSPS) is 29.4. The van der Waals surface area contributed by atoms with Gasteiger partial charge in [0.2, 0.25) is 0 Å². The van der Waals surface area contributed by atoms with Gasteiger partial charge in [-0.15, -0.1) is 0 Å². The van der Waals surface area contributed by atoms with Crippen LogP contribution in [0.25, 0.3) is 0 Å². The Bertz CT molecular complexity index is 791. The lowest BCUT2D eigenvalue weighted by atomic mass is 9.48. The summed E-state index contributed by atoms with van der Waals surface area (Å²) in [6, 6.07) is 4.77. The number of esters is 1. The standard InChI is InChI=1S/C23H28O6/c1-14(24)18-3-4-19(20(8-18)27-2)28-13-22(26)29-12-21(25)23-9-15-5-16(10-23)7-17(6-15)11-23/h3-4,8,15-17H,5-7,9-13H2,1-2H3. The molecule has 0 aliphatic heterocycles. The fraction of sp³-hybridized carbons (Fsp3) is 0.609. The first-order chi connectivity index (χ1) is 13.9. The van der Waals surface area contributed by atoms with Crippen molar-refractivity contribution in [2.75, 3.05) is 20.3 Å². The quantitative estimate of drug-likeness (QED) is 0.490. The Labute approximate surface area is 170 Å². The maximum absolute atomic E-state index is 12.9. The van der Waals surface area contributed by atoms with Gasteiger partial charge in [-0.3, -0.25) is 9.59 Å². The Morgan fingerprint density at radius 2 is 1.59 bits per heavy atom. The summed E-state index contributed by atoms with van der Waals surface area (Å²) in [7, 11) is 1.47. The third kappa shape index (κ3) is 4.02. The van der Waals surface area contributed by atoms with Gasteiger partial charge in [0.05, 0.1) is 7.11 Å². The van der Waals surface area contributed by atoms with Crippen LogP contribution in [0.15, 0.2) is 18.2 Å². The van der Waals surface area contributed by atoms with E-state index in [2.05, 4.69) is 0 Å². The van der Waals surface area contributed by atoms with E-state index in [-0.39, 0.29) is 30.2 Å². The van der Waals surface area contributed by atoms with Crippen molar-refractivity contribution in [1.82, 2.24) is 0 Å². The average Bonchev–Trinajstić information content (AvgIpc) is 2.69. The third-order valence-electron chi connectivity index (χ3n) is 6.91. The fourth-order valence-corrected chi connectivity index (χ4v) is 5.94. The Morgan fingerprint density at radius 1 is 0.966 bits per heavy atom. The smallest absolute Gasteiger partial charge is 0.344 e. The number of methoxy groups -OCH3 is 1. The number of Topliss-reactive ketones (excluding diaryl/α,β-unsaturated/α-hetero) is 2. The number of carbonyl (C=O) groups is 3. The van der Waals surface area contributed by atoms with Gasteiger partial charge >= 0.3 is 5.97 Å². The highest BCUT2D eigenvalue weighted by molar-refractivity contribution is 5.94. The molecule has 0 saturated heterocycles. The van der Waals surface area contributed by atoms with E-state index in [0.717, 1.165) is 19.3 Å². The van der Waals surface area contributed by atoms with Crippen molar-refractivity contribution in [3.05, 3.63) is 23.8 Å². The van der Waals surface area contributed by atoms with Crippen LogP contribution < -0.4 is 9.47 Å². The Kier molecular flexibility index (Phi) is 5.36. The van der Waals surface area contributed by atoms with Crippen LogP contribution in [0.2, 0.25) is 0 Å². The van der Waals surface area contributed by atoms with Gasteiger partial charge in [-0.05, 0) is 81.4 Å². The van der Waals surface area contributed by atoms with E-state index in [1.807, 2.05) is 0 Å². The Balaban J connectivity index is 1.30. The molecule has 0 atom stereocenters. The first-order valence-electron chi connectivity index (χ1n) is 10.4. The van der Waals surface area contributed by atoms with E-state index < -0.39 is 5.97 Å². The van der Waals surface area contributed by atoms with Crippen LogP contribution in [-0.2, 0) is 14.3 Å². The Morgan fingerprint density at radius 3 is 2.14 bits per heavy atom. The number of carbonyl (C=O) groups excluding carboxylic acids is 3. The van der Waals surface area contributed by atoms with Gasteiger partial charge in [-0.1, -0.05) is 0 Å². The van der Waals surface area contributed by atoms with Crippen LogP contribution in [0, 0.1) is 23.2 Å².